The van der Waals surface area contributed by atoms with E-state index in [2.05, 4.69) is 0 Å². The molecular formula is C19H18FNO3. The summed E-state index contributed by atoms with van der Waals surface area (Å²) in [6.07, 6.45) is -0.0884. The molecule has 2 aromatic carbocycles. The molecule has 0 N–H and O–H groups in total. The number of fused-ring (bicyclic) bond motifs is 1. The predicted molar refractivity (Wildman–Crippen MR) is 86.2 cm³/mol. The zero-order valence-electron chi connectivity index (χ0n) is 13.2. The van der Waals surface area contributed by atoms with Gasteiger partial charge in [0, 0.05) is 13.0 Å². The molecule has 5 heteroatoms. The highest BCUT2D eigenvalue weighted by Gasteiger charge is 2.34. The quantitative estimate of drug-likeness (QED) is 0.851. The van der Waals surface area contributed by atoms with Crippen LogP contribution in [0.2, 0.25) is 0 Å². The van der Waals surface area contributed by atoms with Gasteiger partial charge in [-0.25, -0.2) is 4.39 Å². The van der Waals surface area contributed by atoms with Gasteiger partial charge in [-0.3, -0.25) is 4.79 Å². The lowest BCUT2D eigenvalue weighted by Gasteiger charge is -2.34. The lowest BCUT2D eigenvalue weighted by atomic mass is 10.1. The van der Waals surface area contributed by atoms with Crippen molar-refractivity contribution in [2.24, 2.45) is 0 Å². The van der Waals surface area contributed by atoms with Crippen LogP contribution in [-0.2, 0) is 16.0 Å². The number of halogens is 1. The van der Waals surface area contributed by atoms with Gasteiger partial charge >= 0.3 is 0 Å². The van der Waals surface area contributed by atoms with E-state index in [0.29, 0.717) is 26.1 Å². The molecule has 1 amide bonds. The number of nitrogens with zero attached hydrogens (tertiary/aromatic N) is 1. The van der Waals surface area contributed by atoms with E-state index in [0.717, 1.165) is 16.9 Å². The first-order valence-corrected chi connectivity index (χ1v) is 8.11. The summed E-state index contributed by atoms with van der Waals surface area (Å²) in [6.45, 7) is 1.47. The molecular weight excluding hydrogens is 309 g/mol. The molecule has 2 aliphatic heterocycles. The molecule has 4 nitrogen and oxygen atoms in total. The highest BCUT2D eigenvalue weighted by molar-refractivity contribution is 5.82. The maximum atomic E-state index is 13.1. The Bertz CT molecular complexity index is 722. The van der Waals surface area contributed by atoms with Crippen LogP contribution in [0.4, 0.5) is 4.39 Å². The molecule has 2 atom stereocenters. The van der Waals surface area contributed by atoms with Gasteiger partial charge in [-0.2, -0.15) is 0 Å². The van der Waals surface area contributed by atoms with Crippen LogP contribution in [0.25, 0.3) is 0 Å². The van der Waals surface area contributed by atoms with Crippen LogP contribution in [0.3, 0.4) is 0 Å². The van der Waals surface area contributed by atoms with Gasteiger partial charge in [0.2, 0.25) is 0 Å². The number of benzene rings is 2. The molecule has 0 aliphatic carbocycles. The lowest BCUT2D eigenvalue weighted by Crippen LogP contribution is -2.47. The van der Waals surface area contributed by atoms with Gasteiger partial charge in [-0.1, -0.05) is 30.3 Å². The van der Waals surface area contributed by atoms with E-state index in [1.165, 1.54) is 12.1 Å². The third kappa shape index (κ3) is 2.87. The molecule has 2 aliphatic rings. The Hall–Kier alpha value is -2.40. The molecule has 0 saturated carbocycles. The third-order valence-electron chi connectivity index (χ3n) is 4.54. The smallest absolute Gasteiger partial charge is 0.264 e. The monoisotopic (exact) mass is 327 g/mol. The van der Waals surface area contributed by atoms with Crippen molar-refractivity contribution in [1.82, 2.24) is 4.90 Å². The number of hydrogen-bond acceptors (Lipinski definition) is 3. The number of carbonyl (C=O) groups is 1. The van der Waals surface area contributed by atoms with Crippen molar-refractivity contribution in [3.8, 4) is 5.75 Å². The molecule has 1 fully saturated rings. The number of para-hydroxylation sites is 1. The first-order valence-electron chi connectivity index (χ1n) is 8.11. The molecule has 0 unspecified atom stereocenters. The van der Waals surface area contributed by atoms with E-state index in [1.807, 2.05) is 24.3 Å². The van der Waals surface area contributed by atoms with Crippen LogP contribution in [0.5, 0.6) is 5.75 Å². The number of hydrogen-bond donors (Lipinski definition) is 0. The van der Waals surface area contributed by atoms with Crippen LogP contribution < -0.4 is 4.74 Å². The third-order valence-corrected chi connectivity index (χ3v) is 4.54. The van der Waals surface area contributed by atoms with Crippen LogP contribution in [0.1, 0.15) is 17.2 Å². The standard InChI is InChI=1S/C19H18FNO3/c20-15-7-5-13(6-8-15)18-12-21(9-10-23-18)19(22)17-11-14-3-1-2-4-16(14)24-17/h1-8,17-18H,9-12H2/t17-,18-/m1/s1. The summed E-state index contributed by atoms with van der Waals surface area (Å²) in [5, 5.41) is 0. The fourth-order valence-corrected chi connectivity index (χ4v) is 3.25. The van der Waals surface area contributed by atoms with E-state index in [1.54, 1.807) is 17.0 Å². The first-order chi connectivity index (χ1) is 11.7. The van der Waals surface area contributed by atoms with Crippen molar-refractivity contribution < 1.29 is 18.7 Å². The molecule has 2 aromatic rings. The van der Waals surface area contributed by atoms with Gasteiger partial charge in [0.1, 0.15) is 17.7 Å². The fraction of sp³-hybridized carbons (Fsp3) is 0.316. The summed E-state index contributed by atoms with van der Waals surface area (Å²) in [5.41, 5.74) is 1.95. The second-order valence-electron chi connectivity index (χ2n) is 6.11. The van der Waals surface area contributed by atoms with E-state index in [9.17, 15) is 9.18 Å². The maximum absolute atomic E-state index is 13.1. The molecule has 0 bridgehead atoms. The molecule has 4 rings (SSSR count). The first kappa shape index (κ1) is 15.1. The molecule has 24 heavy (non-hydrogen) atoms. The number of ether oxygens (including phenoxy) is 2. The van der Waals surface area contributed by atoms with Crippen molar-refractivity contribution in [1.29, 1.82) is 0 Å². The van der Waals surface area contributed by atoms with Gasteiger partial charge in [0.05, 0.1) is 13.2 Å². The number of carbonyl (C=O) groups excluding carboxylic acids is 1. The Morgan fingerprint density at radius 3 is 2.71 bits per heavy atom. The lowest BCUT2D eigenvalue weighted by molar-refractivity contribution is -0.145. The van der Waals surface area contributed by atoms with E-state index in [-0.39, 0.29) is 17.8 Å². The number of rotatable bonds is 2. The Balaban J connectivity index is 1.45. The summed E-state index contributed by atoms with van der Waals surface area (Å²) < 4.78 is 24.6. The van der Waals surface area contributed by atoms with E-state index >= 15 is 0 Å². The topological polar surface area (TPSA) is 38.8 Å². The van der Waals surface area contributed by atoms with Crippen molar-refractivity contribution in [3.05, 3.63) is 65.5 Å². The van der Waals surface area contributed by atoms with Gasteiger partial charge in [-0.15, -0.1) is 0 Å². The Kier molecular flexibility index (Phi) is 3.94. The average molecular weight is 327 g/mol. The normalized spacial score (nSPS) is 22.8. The minimum atomic E-state index is -0.464. The summed E-state index contributed by atoms with van der Waals surface area (Å²) >= 11 is 0. The van der Waals surface area contributed by atoms with Crippen molar-refractivity contribution in [2.75, 3.05) is 19.7 Å². The van der Waals surface area contributed by atoms with Crippen molar-refractivity contribution in [2.45, 2.75) is 18.6 Å². The molecule has 0 radical (unpaired) electrons. The summed E-state index contributed by atoms with van der Waals surface area (Å²) in [5.74, 6) is 0.500. The van der Waals surface area contributed by atoms with Crippen LogP contribution in [-0.4, -0.2) is 36.6 Å². The van der Waals surface area contributed by atoms with Gasteiger partial charge in [-0.05, 0) is 29.3 Å². The summed E-state index contributed by atoms with van der Waals surface area (Å²) in [4.78, 5) is 14.6. The summed E-state index contributed by atoms with van der Waals surface area (Å²) in [7, 11) is 0. The van der Waals surface area contributed by atoms with Crippen molar-refractivity contribution in [3.63, 3.8) is 0 Å². The molecule has 0 spiro atoms. The largest absolute Gasteiger partial charge is 0.480 e. The van der Waals surface area contributed by atoms with Crippen LogP contribution in [0, 0.1) is 5.82 Å². The van der Waals surface area contributed by atoms with Gasteiger partial charge in [0.15, 0.2) is 6.10 Å². The Morgan fingerprint density at radius 2 is 1.92 bits per heavy atom. The molecule has 2 heterocycles. The highest BCUT2D eigenvalue weighted by Crippen LogP contribution is 2.30. The number of morpholine rings is 1. The Labute approximate surface area is 139 Å². The molecule has 0 aromatic heterocycles. The zero-order chi connectivity index (χ0) is 16.5. The average Bonchev–Trinajstić information content (AvgIpc) is 3.06. The van der Waals surface area contributed by atoms with Gasteiger partial charge < -0.3 is 14.4 Å². The number of amides is 1. The second kappa shape index (κ2) is 6.24. The van der Waals surface area contributed by atoms with E-state index in [4.69, 9.17) is 9.47 Å². The minimum absolute atomic E-state index is 0.0124. The SMILES string of the molecule is O=C([C@H]1Cc2ccccc2O1)N1CCO[C@@H](c2ccc(F)cc2)C1. The molecule has 1 saturated heterocycles. The Morgan fingerprint density at radius 1 is 1.12 bits per heavy atom. The van der Waals surface area contributed by atoms with E-state index < -0.39 is 6.10 Å². The zero-order valence-corrected chi connectivity index (χ0v) is 13.2. The minimum Gasteiger partial charge on any atom is -0.480 e. The molecule has 124 valence electrons. The van der Waals surface area contributed by atoms with Crippen LogP contribution in [0.15, 0.2) is 48.5 Å². The maximum Gasteiger partial charge on any atom is 0.264 e. The fourth-order valence-electron chi connectivity index (χ4n) is 3.25. The van der Waals surface area contributed by atoms with Crippen LogP contribution >= 0.6 is 0 Å². The van der Waals surface area contributed by atoms with Gasteiger partial charge in [0.25, 0.3) is 5.91 Å². The summed E-state index contributed by atoms with van der Waals surface area (Å²) in [6, 6.07) is 14.0. The second-order valence-corrected chi connectivity index (χ2v) is 6.11. The predicted octanol–water partition coefficient (Wildman–Crippen LogP) is 2.73. The van der Waals surface area contributed by atoms with Crippen molar-refractivity contribution >= 4 is 5.91 Å². The highest BCUT2D eigenvalue weighted by atomic mass is 19.1.